The molecule has 1 aromatic heterocycles. The van der Waals surface area contributed by atoms with Gasteiger partial charge in [0, 0.05) is 11.3 Å². The molecule has 3 N–H and O–H groups in total. The van der Waals surface area contributed by atoms with Gasteiger partial charge in [-0.15, -0.1) is 11.3 Å². The summed E-state index contributed by atoms with van der Waals surface area (Å²) in [5, 5.41) is 3.46. The number of carbonyl (C=O) groups is 2. The number of amides is 2. The first-order valence-electron chi connectivity index (χ1n) is 9.10. The van der Waals surface area contributed by atoms with E-state index in [9.17, 15) is 9.59 Å². The minimum absolute atomic E-state index is 0.139. The molecule has 1 aromatic carbocycles. The largest absolute Gasteiger partial charge is 0.493 e. The standard InChI is InChI=1S/C20H24N2O4S/c1-25-14-8-3-4-9-15(14)26-12-6-11-17(23)22-20-18(19(21)24)13-7-2-5-10-16(13)27-20/h3-4,8-9H,2,5-7,10-12H2,1H3,(H2,21,24)(H,22,23). The molecule has 2 aromatic rings. The molecule has 3 rings (SSSR count). The molecule has 7 heteroatoms. The molecule has 0 radical (unpaired) electrons. The number of nitrogens with two attached hydrogens (primary N) is 1. The third kappa shape index (κ3) is 4.60. The smallest absolute Gasteiger partial charge is 0.251 e. The number of hydrogen-bond donors (Lipinski definition) is 2. The van der Waals surface area contributed by atoms with Crippen LogP contribution in [0.3, 0.4) is 0 Å². The van der Waals surface area contributed by atoms with E-state index in [4.69, 9.17) is 15.2 Å². The van der Waals surface area contributed by atoms with Crippen molar-refractivity contribution in [2.24, 2.45) is 5.73 Å². The lowest BCUT2D eigenvalue weighted by molar-refractivity contribution is -0.116. The number of para-hydroxylation sites is 2. The van der Waals surface area contributed by atoms with E-state index in [-0.39, 0.29) is 5.91 Å². The third-order valence-electron chi connectivity index (χ3n) is 4.55. The number of ether oxygens (including phenoxy) is 2. The number of aryl methyl sites for hydroxylation is 1. The first kappa shape index (κ1) is 19.2. The average molecular weight is 388 g/mol. The minimum Gasteiger partial charge on any atom is -0.493 e. The van der Waals surface area contributed by atoms with Gasteiger partial charge in [-0.05, 0) is 49.8 Å². The fourth-order valence-corrected chi connectivity index (χ4v) is 4.57. The summed E-state index contributed by atoms with van der Waals surface area (Å²) >= 11 is 1.48. The molecule has 2 amide bonds. The number of carbonyl (C=O) groups excluding carboxylic acids is 2. The van der Waals surface area contributed by atoms with E-state index in [0.717, 1.165) is 31.2 Å². The quantitative estimate of drug-likeness (QED) is 0.677. The molecule has 27 heavy (non-hydrogen) atoms. The van der Waals surface area contributed by atoms with Crippen LogP contribution in [0.15, 0.2) is 24.3 Å². The number of methoxy groups -OCH3 is 1. The lowest BCUT2D eigenvalue weighted by atomic mass is 9.95. The van der Waals surface area contributed by atoms with Gasteiger partial charge in [0.05, 0.1) is 19.3 Å². The molecule has 0 saturated heterocycles. The van der Waals surface area contributed by atoms with Crippen LogP contribution in [0.2, 0.25) is 0 Å². The topological polar surface area (TPSA) is 90.7 Å². The number of rotatable bonds is 8. The molecule has 144 valence electrons. The van der Waals surface area contributed by atoms with Crippen molar-refractivity contribution >= 4 is 28.2 Å². The lowest BCUT2D eigenvalue weighted by Gasteiger charge is -2.11. The van der Waals surface area contributed by atoms with E-state index in [2.05, 4.69) is 5.32 Å². The van der Waals surface area contributed by atoms with E-state index in [1.165, 1.54) is 16.2 Å². The Hall–Kier alpha value is -2.54. The molecule has 0 spiro atoms. The fraction of sp³-hybridized carbons (Fsp3) is 0.400. The minimum atomic E-state index is -0.468. The predicted octanol–water partition coefficient (Wildman–Crippen LogP) is 3.53. The molecule has 0 aliphatic heterocycles. The first-order valence-corrected chi connectivity index (χ1v) is 9.91. The highest BCUT2D eigenvalue weighted by Gasteiger charge is 2.24. The van der Waals surface area contributed by atoms with Gasteiger partial charge in [-0.1, -0.05) is 12.1 Å². The van der Waals surface area contributed by atoms with E-state index in [1.54, 1.807) is 7.11 Å². The van der Waals surface area contributed by atoms with Crippen molar-refractivity contribution < 1.29 is 19.1 Å². The summed E-state index contributed by atoms with van der Waals surface area (Å²) in [4.78, 5) is 25.3. The number of primary amides is 1. The summed E-state index contributed by atoms with van der Waals surface area (Å²) in [5.41, 5.74) is 7.07. The molecule has 1 aliphatic rings. The third-order valence-corrected chi connectivity index (χ3v) is 5.75. The molecular weight excluding hydrogens is 364 g/mol. The van der Waals surface area contributed by atoms with Crippen LogP contribution in [-0.2, 0) is 17.6 Å². The number of hydrogen-bond acceptors (Lipinski definition) is 5. The SMILES string of the molecule is COc1ccccc1OCCCC(=O)Nc1sc2c(c1C(N)=O)CCCC2. The zero-order valence-corrected chi connectivity index (χ0v) is 16.2. The highest BCUT2D eigenvalue weighted by Crippen LogP contribution is 2.38. The molecule has 1 aliphatic carbocycles. The summed E-state index contributed by atoms with van der Waals surface area (Å²) in [5.74, 6) is 0.712. The summed E-state index contributed by atoms with van der Waals surface area (Å²) < 4.78 is 10.9. The second kappa shape index (κ2) is 8.90. The van der Waals surface area contributed by atoms with Gasteiger partial charge in [0.25, 0.3) is 5.91 Å². The van der Waals surface area contributed by atoms with Crippen molar-refractivity contribution in [1.29, 1.82) is 0 Å². The number of nitrogens with one attached hydrogen (secondary N) is 1. The summed E-state index contributed by atoms with van der Waals surface area (Å²) in [6.45, 7) is 0.400. The highest BCUT2D eigenvalue weighted by atomic mass is 32.1. The molecule has 0 unspecified atom stereocenters. The molecule has 0 fully saturated rings. The Morgan fingerprint density at radius 2 is 1.93 bits per heavy atom. The number of anilines is 1. The monoisotopic (exact) mass is 388 g/mol. The average Bonchev–Trinajstić information content (AvgIpc) is 3.03. The van der Waals surface area contributed by atoms with Gasteiger partial charge in [-0.2, -0.15) is 0 Å². The van der Waals surface area contributed by atoms with Crippen LogP contribution in [0.5, 0.6) is 11.5 Å². The second-order valence-corrected chi connectivity index (χ2v) is 7.54. The van der Waals surface area contributed by atoms with Crippen LogP contribution < -0.4 is 20.5 Å². The van der Waals surface area contributed by atoms with E-state index in [0.29, 0.717) is 41.5 Å². The lowest BCUT2D eigenvalue weighted by Crippen LogP contribution is -2.18. The van der Waals surface area contributed by atoms with Crippen LogP contribution in [0.4, 0.5) is 5.00 Å². The van der Waals surface area contributed by atoms with Gasteiger partial charge >= 0.3 is 0 Å². The van der Waals surface area contributed by atoms with Gasteiger partial charge in [-0.25, -0.2) is 0 Å². The van der Waals surface area contributed by atoms with Gasteiger partial charge < -0.3 is 20.5 Å². The van der Waals surface area contributed by atoms with Crippen LogP contribution >= 0.6 is 11.3 Å². The molecule has 0 bridgehead atoms. The Morgan fingerprint density at radius 1 is 1.19 bits per heavy atom. The van der Waals surface area contributed by atoms with Crippen molar-refractivity contribution in [1.82, 2.24) is 0 Å². The normalized spacial score (nSPS) is 12.9. The van der Waals surface area contributed by atoms with Crippen molar-refractivity contribution in [2.45, 2.75) is 38.5 Å². The first-order chi connectivity index (χ1) is 13.1. The maximum atomic E-state index is 12.3. The summed E-state index contributed by atoms with van der Waals surface area (Å²) in [7, 11) is 1.59. The van der Waals surface area contributed by atoms with Gasteiger partial charge in [0.15, 0.2) is 11.5 Å². The van der Waals surface area contributed by atoms with Crippen molar-refractivity contribution in [3.63, 3.8) is 0 Å². The Labute approximate surface area is 162 Å². The zero-order chi connectivity index (χ0) is 19.2. The van der Waals surface area contributed by atoms with E-state index < -0.39 is 5.91 Å². The molecular formula is C20H24N2O4S. The number of benzene rings is 1. The summed E-state index contributed by atoms with van der Waals surface area (Å²) in [6, 6.07) is 7.39. The Balaban J connectivity index is 1.54. The molecule has 0 atom stereocenters. The van der Waals surface area contributed by atoms with E-state index >= 15 is 0 Å². The van der Waals surface area contributed by atoms with Crippen LogP contribution in [0.1, 0.15) is 46.5 Å². The van der Waals surface area contributed by atoms with Crippen molar-refractivity contribution in [3.8, 4) is 11.5 Å². The molecule has 0 saturated carbocycles. The van der Waals surface area contributed by atoms with Crippen molar-refractivity contribution in [3.05, 3.63) is 40.3 Å². The van der Waals surface area contributed by atoms with Gasteiger partial charge in [0.1, 0.15) is 5.00 Å². The maximum Gasteiger partial charge on any atom is 0.251 e. The maximum absolute atomic E-state index is 12.3. The van der Waals surface area contributed by atoms with Crippen LogP contribution in [-0.4, -0.2) is 25.5 Å². The summed E-state index contributed by atoms with van der Waals surface area (Å²) in [6.07, 6.45) is 4.82. The Morgan fingerprint density at radius 3 is 2.67 bits per heavy atom. The van der Waals surface area contributed by atoms with Gasteiger partial charge in [0.2, 0.25) is 5.91 Å². The zero-order valence-electron chi connectivity index (χ0n) is 15.4. The predicted molar refractivity (Wildman–Crippen MR) is 106 cm³/mol. The van der Waals surface area contributed by atoms with E-state index in [1.807, 2.05) is 24.3 Å². The number of fused-ring (bicyclic) bond motifs is 1. The molecule has 6 nitrogen and oxygen atoms in total. The number of thiophene rings is 1. The van der Waals surface area contributed by atoms with Crippen LogP contribution in [0, 0.1) is 0 Å². The molecule has 1 heterocycles. The van der Waals surface area contributed by atoms with Crippen molar-refractivity contribution in [2.75, 3.05) is 19.0 Å². The van der Waals surface area contributed by atoms with Gasteiger partial charge in [-0.3, -0.25) is 9.59 Å². The Kier molecular flexibility index (Phi) is 6.34. The fourth-order valence-electron chi connectivity index (χ4n) is 3.26. The second-order valence-electron chi connectivity index (χ2n) is 6.43. The highest BCUT2D eigenvalue weighted by molar-refractivity contribution is 7.17. The Bertz CT molecular complexity index is 831. The van der Waals surface area contributed by atoms with Crippen LogP contribution in [0.25, 0.3) is 0 Å².